The summed E-state index contributed by atoms with van der Waals surface area (Å²) in [6, 6.07) is 0.526. The van der Waals surface area contributed by atoms with Gasteiger partial charge in [-0.05, 0) is 26.3 Å². The largest absolute Gasteiger partial charge is 0.392 e. The molecule has 0 aromatic rings. The lowest BCUT2D eigenvalue weighted by atomic mass is 10.2. The Kier molecular flexibility index (Phi) is 3.58. The summed E-state index contributed by atoms with van der Waals surface area (Å²) in [5, 5.41) is 9.34. The number of β-amino-alcohol motifs (C(OH)–C–C–N with tert-alkyl or cyclic N) is 1. The molecule has 0 bridgehead atoms. The van der Waals surface area contributed by atoms with Gasteiger partial charge in [-0.3, -0.25) is 4.90 Å². The maximum Gasteiger partial charge on any atom is 0.0682 e. The zero-order chi connectivity index (χ0) is 8.97. The van der Waals surface area contributed by atoms with Gasteiger partial charge in [-0.2, -0.15) is 0 Å². The van der Waals surface area contributed by atoms with E-state index in [0.29, 0.717) is 6.04 Å². The van der Waals surface area contributed by atoms with Crippen molar-refractivity contribution in [3.8, 4) is 12.3 Å². The molecule has 1 aliphatic heterocycles. The van der Waals surface area contributed by atoms with E-state index in [1.165, 1.54) is 0 Å². The van der Waals surface area contributed by atoms with Crippen LogP contribution < -0.4 is 0 Å². The molecule has 2 atom stereocenters. The van der Waals surface area contributed by atoms with E-state index in [4.69, 9.17) is 6.42 Å². The molecule has 0 aliphatic carbocycles. The SMILES string of the molecule is C#CCCCN1CC(O)CC1C. The molecule has 2 unspecified atom stereocenters. The Morgan fingerprint density at radius 2 is 2.42 bits per heavy atom. The smallest absolute Gasteiger partial charge is 0.0682 e. The molecular weight excluding hydrogens is 150 g/mol. The van der Waals surface area contributed by atoms with Crippen molar-refractivity contribution in [2.24, 2.45) is 0 Å². The molecule has 0 aromatic carbocycles. The molecule has 0 saturated carbocycles. The fourth-order valence-corrected chi connectivity index (χ4v) is 1.76. The number of rotatable bonds is 3. The summed E-state index contributed by atoms with van der Waals surface area (Å²) in [6.45, 7) is 4.01. The molecule has 0 spiro atoms. The third kappa shape index (κ3) is 2.51. The molecule has 1 rings (SSSR count). The van der Waals surface area contributed by atoms with E-state index in [1.54, 1.807) is 0 Å². The van der Waals surface area contributed by atoms with Crippen molar-refractivity contribution in [1.29, 1.82) is 0 Å². The summed E-state index contributed by atoms with van der Waals surface area (Å²) in [7, 11) is 0. The summed E-state index contributed by atoms with van der Waals surface area (Å²) < 4.78 is 0. The highest BCUT2D eigenvalue weighted by atomic mass is 16.3. The third-order valence-corrected chi connectivity index (χ3v) is 2.45. The first-order valence-electron chi connectivity index (χ1n) is 4.59. The third-order valence-electron chi connectivity index (χ3n) is 2.45. The van der Waals surface area contributed by atoms with Crippen LogP contribution in [-0.2, 0) is 0 Å². The van der Waals surface area contributed by atoms with Crippen LogP contribution >= 0.6 is 0 Å². The predicted octanol–water partition coefficient (Wildman–Crippen LogP) is 0.855. The minimum absolute atomic E-state index is 0.120. The molecule has 1 N–H and O–H groups in total. The lowest BCUT2D eigenvalue weighted by molar-refractivity contribution is 0.175. The lowest BCUT2D eigenvalue weighted by Crippen LogP contribution is -2.28. The van der Waals surface area contributed by atoms with Gasteiger partial charge >= 0.3 is 0 Å². The van der Waals surface area contributed by atoms with E-state index in [-0.39, 0.29) is 6.10 Å². The number of aliphatic hydroxyl groups is 1. The van der Waals surface area contributed by atoms with E-state index in [0.717, 1.165) is 32.4 Å². The second-order valence-electron chi connectivity index (χ2n) is 3.54. The Hall–Kier alpha value is -0.520. The van der Waals surface area contributed by atoms with Crippen LogP contribution in [0.15, 0.2) is 0 Å². The van der Waals surface area contributed by atoms with Gasteiger partial charge in [-0.15, -0.1) is 12.3 Å². The first-order valence-corrected chi connectivity index (χ1v) is 4.59. The highest BCUT2D eigenvalue weighted by molar-refractivity contribution is 4.86. The maximum absolute atomic E-state index is 9.34. The number of hydrogen-bond acceptors (Lipinski definition) is 2. The first-order chi connectivity index (χ1) is 5.74. The quantitative estimate of drug-likeness (QED) is 0.497. The summed E-state index contributed by atoms with van der Waals surface area (Å²) in [5.74, 6) is 2.63. The molecule has 0 aromatic heterocycles. The number of likely N-dealkylation sites (tertiary alicyclic amines) is 1. The van der Waals surface area contributed by atoms with Gasteiger partial charge in [0.2, 0.25) is 0 Å². The van der Waals surface area contributed by atoms with Gasteiger partial charge in [0.15, 0.2) is 0 Å². The van der Waals surface area contributed by atoms with E-state index in [9.17, 15) is 5.11 Å². The molecule has 68 valence electrons. The minimum Gasteiger partial charge on any atom is -0.392 e. The Balaban J connectivity index is 2.20. The van der Waals surface area contributed by atoms with Gasteiger partial charge in [-0.1, -0.05) is 0 Å². The Morgan fingerprint density at radius 1 is 1.67 bits per heavy atom. The Bertz CT molecular complexity index is 173. The van der Waals surface area contributed by atoms with Crippen molar-refractivity contribution in [1.82, 2.24) is 4.90 Å². The van der Waals surface area contributed by atoms with Crippen LogP contribution in [0.5, 0.6) is 0 Å². The molecule has 1 aliphatic rings. The minimum atomic E-state index is -0.120. The van der Waals surface area contributed by atoms with Gasteiger partial charge in [0.1, 0.15) is 0 Å². The molecule has 12 heavy (non-hydrogen) atoms. The summed E-state index contributed by atoms with van der Waals surface area (Å²) in [4.78, 5) is 2.31. The number of hydrogen-bond donors (Lipinski definition) is 1. The van der Waals surface area contributed by atoms with Crippen LogP contribution in [0.2, 0.25) is 0 Å². The fraction of sp³-hybridized carbons (Fsp3) is 0.800. The van der Waals surface area contributed by atoms with Gasteiger partial charge < -0.3 is 5.11 Å². The topological polar surface area (TPSA) is 23.5 Å². The van der Waals surface area contributed by atoms with Crippen LogP contribution in [0.3, 0.4) is 0 Å². The normalized spacial score (nSPS) is 30.4. The van der Waals surface area contributed by atoms with Crippen LogP contribution in [-0.4, -0.2) is 35.2 Å². The predicted molar refractivity (Wildman–Crippen MR) is 49.7 cm³/mol. The van der Waals surface area contributed by atoms with Gasteiger partial charge in [0, 0.05) is 19.0 Å². The van der Waals surface area contributed by atoms with E-state index in [2.05, 4.69) is 17.7 Å². The summed E-state index contributed by atoms with van der Waals surface area (Å²) in [6.07, 6.45) is 7.85. The molecule has 1 heterocycles. The van der Waals surface area contributed by atoms with Crippen molar-refractivity contribution in [2.45, 2.75) is 38.3 Å². The molecule has 0 amide bonds. The molecule has 0 radical (unpaired) electrons. The summed E-state index contributed by atoms with van der Waals surface area (Å²) in [5.41, 5.74) is 0. The molecule has 2 nitrogen and oxygen atoms in total. The molecule has 1 fully saturated rings. The fourth-order valence-electron chi connectivity index (χ4n) is 1.76. The highest BCUT2D eigenvalue weighted by Crippen LogP contribution is 2.17. The number of terminal acetylenes is 1. The second-order valence-corrected chi connectivity index (χ2v) is 3.54. The average Bonchev–Trinajstić information content (AvgIpc) is 2.31. The second kappa shape index (κ2) is 4.49. The average molecular weight is 167 g/mol. The molecule has 2 heteroatoms. The van der Waals surface area contributed by atoms with Crippen molar-refractivity contribution >= 4 is 0 Å². The van der Waals surface area contributed by atoms with Crippen LogP contribution in [0.1, 0.15) is 26.2 Å². The van der Waals surface area contributed by atoms with Gasteiger partial charge in [-0.25, -0.2) is 0 Å². The number of unbranched alkanes of at least 4 members (excludes halogenated alkanes) is 1. The zero-order valence-electron chi connectivity index (χ0n) is 7.66. The Labute approximate surface area is 74.6 Å². The van der Waals surface area contributed by atoms with Gasteiger partial charge in [0.05, 0.1) is 6.10 Å². The monoisotopic (exact) mass is 167 g/mol. The van der Waals surface area contributed by atoms with Crippen molar-refractivity contribution < 1.29 is 5.11 Å². The van der Waals surface area contributed by atoms with E-state index in [1.807, 2.05) is 0 Å². The molecule has 1 saturated heterocycles. The van der Waals surface area contributed by atoms with Crippen molar-refractivity contribution in [3.63, 3.8) is 0 Å². The van der Waals surface area contributed by atoms with Crippen LogP contribution in [0.4, 0.5) is 0 Å². The molecular formula is C10H17NO. The Morgan fingerprint density at radius 3 is 2.92 bits per heavy atom. The van der Waals surface area contributed by atoms with Crippen LogP contribution in [0.25, 0.3) is 0 Å². The van der Waals surface area contributed by atoms with E-state index >= 15 is 0 Å². The number of nitrogens with zero attached hydrogens (tertiary/aromatic N) is 1. The van der Waals surface area contributed by atoms with Gasteiger partial charge in [0.25, 0.3) is 0 Å². The van der Waals surface area contributed by atoms with E-state index < -0.39 is 0 Å². The van der Waals surface area contributed by atoms with Crippen molar-refractivity contribution in [2.75, 3.05) is 13.1 Å². The first kappa shape index (κ1) is 9.57. The van der Waals surface area contributed by atoms with Crippen LogP contribution in [0, 0.1) is 12.3 Å². The standard InChI is InChI=1S/C10H17NO/c1-3-4-5-6-11-8-10(12)7-9(11)2/h1,9-10,12H,4-8H2,2H3. The summed E-state index contributed by atoms with van der Waals surface area (Å²) >= 11 is 0. The number of aliphatic hydroxyl groups excluding tert-OH is 1. The highest BCUT2D eigenvalue weighted by Gasteiger charge is 2.26. The maximum atomic E-state index is 9.34. The van der Waals surface area contributed by atoms with Crippen molar-refractivity contribution in [3.05, 3.63) is 0 Å². The lowest BCUT2D eigenvalue weighted by Gasteiger charge is -2.19. The zero-order valence-corrected chi connectivity index (χ0v) is 7.66.